The highest BCUT2D eigenvalue weighted by Gasteiger charge is 2.05. The van der Waals surface area contributed by atoms with Gasteiger partial charge in [-0.1, -0.05) is 12.2 Å². The van der Waals surface area contributed by atoms with Crippen molar-refractivity contribution in [3.8, 4) is 0 Å². The van der Waals surface area contributed by atoms with Gasteiger partial charge in [0.15, 0.2) is 0 Å². The third kappa shape index (κ3) is 3.56. The average molecular weight is 194 g/mol. The van der Waals surface area contributed by atoms with Crippen LogP contribution in [-0.4, -0.2) is 18.7 Å². The predicted molar refractivity (Wildman–Crippen MR) is 60.4 cm³/mol. The van der Waals surface area contributed by atoms with Gasteiger partial charge in [0.2, 0.25) is 0 Å². The standard InChI is InChI=1S/C11H18N2O/c1-7(2)10(8(3)4)13-9(5)11(14)12-6/h1H2,2-6H3,(H,12,14)/b13-9+. The summed E-state index contributed by atoms with van der Waals surface area (Å²) in [5.74, 6) is -0.162. The number of nitrogens with zero attached hydrogens (tertiary/aromatic N) is 1. The zero-order valence-electron chi connectivity index (χ0n) is 9.56. The van der Waals surface area contributed by atoms with Crippen LogP contribution in [-0.2, 0) is 4.79 Å². The highest BCUT2D eigenvalue weighted by atomic mass is 16.1. The molecule has 1 N–H and O–H groups in total. The minimum absolute atomic E-state index is 0.162. The van der Waals surface area contributed by atoms with Crippen molar-refractivity contribution in [2.45, 2.75) is 27.7 Å². The van der Waals surface area contributed by atoms with E-state index >= 15 is 0 Å². The first-order valence-corrected chi connectivity index (χ1v) is 4.50. The van der Waals surface area contributed by atoms with Crippen LogP contribution in [0.25, 0.3) is 0 Å². The van der Waals surface area contributed by atoms with Gasteiger partial charge in [-0.2, -0.15) is 0 Å². The summed E-state index contributed by atoms with van der Waals surface area (Å²) in [5.41, 5.74) is 3.17. The third-order valence-corrected chi connectivity index (χ3v) is 1.71. The fraction of sp³-hybridized carbons (Fsp3) is 0.455. The zero-order chi connectivity index (χ0) is 11.3. The molecule has 0 rings (SSSR count). The molecule has 0 aliphatic rings. The second kappa shape index (κ2) is 5.37. The smallest absolute Gasteiger partial charge is 0.265 e. The molecule has 0 aliphatic carbocycles. The molecule has 0 saturated carbocycles. The number of amides is 1. The number of rotatable bonds is 3. The molecule has 14 heavy (non-hydrogen) atoms. The number of nitrogens with one attached hydrogen (secondary N) is 1. The van der Waals surface area contributed by atoms with Crippen LogP contribution in [0.2, 0.25) is 0 Å². The molecule has 0 fully saturated rings. The Balaban J connectivity index is 5.04. The van der Waals surface area contributed by atoms with E-state index in [2.05, 4.69) is 16.9 Å². The molecule has 0 heterocycles. The second-order valence-electron chi connectivity index (χ2n) is 3.41. The molecule has 0 radical (unpaired) electrons. The Labute approximate surface area is 85.6 Å². The summed E-state index contributed by atoms with van der Waals surface area (Å²) < 4.78 is 0. The molecule has 0 saturated heterocycles. The predicted octanol–water partition coefficient (Wildman–Crippen LogP) is 2.06. The fourth-order valence-electron chi connectivity index (χ4n) is 1.03. The van der Waals surface area contributed by atoms with E-state index in [1.807, 2.05) is 20.8 Å². The number of carbonyl (C=O) groups excluding carboxylic acids is 1. The van der Waals surface area contributed by atoms with Crippen LogP contribution in [0.5, 0.6) is 0 Å². The normalized spacial score (nSPS) is 10.8. The molecule has 0 aromatic carbocycles. The Bertz CT molecular complexity index is 307. The van der Waals surface area contributed by atoms with Gasteiger partial charge in [-0.25, -0.2) is 4.99 Å². The van der Waals surface area contributed by atoms with Crippen LogP contribution >= 0.6 is 0 Å². The molecule has 3 nitrogen and oxygen atoms in total. The Kier molecular flexibility index (Phi) is 4.84. The Hall–Kier alpha value is -1.38. The number of aliphatic imine (C=N–C) groups is 1. The molecule has 0 aliphatic heterocycles. The minimum atomic E-state index is -0.162. The fourth-order valence-corrected chi connectivity index (χ4v) is 1.03. The highest BCUT2D eigenvalue weighted by molar-refractivity contribution is 6.38. The Morgan fingerprint density at radius 1 is 1.21 bits per heavy atom. The topological polar surface area (TPSA) is 41.5 Å². The maximum absolute atomic E-state index is 11.2. The van der Waals surface area contributed by atoms with E-state index in [9.17, 15) is 4.79 Å². The van der Waals surface area contributed by atoms with Crippen molar-refractivity contribution in [3.63, 3.8) is 0 Å². The lowest BCUT2D eigenvalue weighted by molar-refractivity contribution is -0.114. The van der Waals surface area contributed by atoms with Crippen LogP contribution < -0.4 is 5.32 Å². The van der Waals surface area contributed by atoms with Crippen LogP contribution in [0, 0.1) is 0 Å². The molecule has 0 bridgehead atoms. The van der Waals surface area contributed by atoms with Crippen LogP contribution in [0.4, 0.5) is 0 Å². The van der Waals surface area contributed by atoms with Crippen molar-refractivity contribution in [3.05, 3.63) is 23.4 Å². The first-order chi connectivity index (χ1) is 6.40. The van der Waals surface area contributed by atoms with E-state index in [0.717, 1.165) is 16.8 Å². The van der Waals surface area contributed by atoms with E-state index in [1.165, 1.54) is 0 Å². The summed E-state index contributed by atoms with van der Waals surface area (Å²) in [6.07, 6.45) is 0. The second-order valence-corrected chi connectivity index (χ2v) is 3.41. The summed E-state index contributed by atoms with van der Waals surface area (Å²) in [7, 11) is 1.59. The van der Waals surface area contributed by atoms with Gasteiger partial charge in [0.25, 0.3) is 5.91 Å². The van der Waals surface area contributed by atoms with Gasteiger partial charge in [0, 0.05) is 7.05 Å². The Morgan fingerprint density at radius 2 is 1.71 bits per heavy atom. The Morgan fingerprint density at radius 3 is 2.00 bits per heavy atom. The molecule has 0 atom stereocenters. The molecule has 1 amide bonds. The van der Waals surface area contributed by atoms with Gasteiger partial charge < -0.3 is 5.32 Å². The van der Waals surface area contributed by atoms with Crippen molar-refractivity contribution in [1.82, 2.24) is 5.32 Å². The molecule has 0 aromatic rings. The van der Waals surface area contributed by atoms with Gasteiger partial charge in [-0.05, 0) is 33.3 Å². The number of hydrogen-bond donors (Lipinski definition) is 1. The van der Waals surface area contributed by atoms with Gasteiger partial charge in [0.05, 0.1) is 5.70 Å². The molecular formula is C11H18N2O. The molecule has 0 aromatic heterocycles. The van der Waals surface area contributed by atoms with Crippen LogP contribution in [0.1, 0.15) is 27.7 Å². The van der Waals surface area contributed by atoms with Gasteiger partial charge >= 0.3 is 0 Å². The van der Waals surface area contributed by atoms with Crippen LogP contribution in [0.15, 0.2) is 28.4 Å². The summed E-state index contributed by atoms with van der Waals surface area (Å²) in [5, 5.41) is 2.53. The van der Waals surface area contributed by atoms with E-state index < -0.39 is 0 Å². The molecule has 78 valence electrons. The van der Waals surface area contributed by atoms with E-state index in [1.54, 1.807) is 14.0 Å². The maximum atomic E-state index is 11.2. The lowest BCUT2D eigenvalue weighted by Gasteiger charge is -2.05. The largest absolute Gasteiger partial charge is 0.354 e. The van der Waals surface area contributed by atoms with E-state index in [-0.39, 0.29) is 5.91 Å². The van der Waals surface area contributed by atoms with Crippen LogP contribution in [0.3, 0.4) is 0 Å². The minimum Gasteiger partial charge on any atom is -0.354 e. The summed E-state index contributed by atoms with van der Waals surface area (Å²) >= 11 is 0. The molecule has 0 unspecified atom stereocenters. The number of hydrogen-bond acceptors (Lipinski definition) is 2. The summed E-state index contributed by atoms with van der Waals surface area (Å²) in [4.78, 5) is 15.4. The highest BCUT2D eigenvalue weighted by Crippen LogP contribution is 2.14. The SMILES string of the molecule is C=C(C)C(/N=C(\C)C(=O)NC)=C(C)C. The van der Waals surface area contributed by atoms with Crippen molar-refractivity contribution < 1.29 is 4.79 Å². The number of allylic oxidation sites excluding steroid dienone is 2. The third-order valence-electron chi connectivity index (χ3n) is 1.71. The van der Waals surface area contributed by atoms with E-state index in [0.29, 0.717) is 5.71 Å². The molecular weight excluding hydrogens is 176 g/mol. The van der Waals surface area contributed by atoms with Crippen molar-refractivity contribution >= 4 is 11.6 Å². The molecule has 3 heteroatoms. The van der Waals surface area contributed by atoms with Gasteiger partial charge in [-0.15, -0.1) is 0 Å². The first-order valence-electron chi connectivity index (χ1n) is 4.50. The lowest BCUT2D eigenvalue weighted by atomic mass is 10.1. The molecule has 0 spiro atoms. The number of carbonyl (C=O) groups is 1. The maximum Gasteiger partial charge on any atom is 0.265 e. The lowest BCUT2D eigenvalue weighted by Crippen LogP contribution is -2.25. The van der Waals surface area contributed by atoms with Gasteiger partial charge in [-0.3, -0.25) is 4.79 Å². The van der Waals surface area contributed by atoms with Gasteiger partial charge in [0.1, 0.15) is 5.71 Å². The van der Waals surface area contributed by atoms with Crippen molar-refractivity contribution in [2.75, 3.05) is 7.05 Å². The zero-order valence-corrected chi connectivity index (χ0v) is 9.56. The monoisotopic (exact) mass is 194 g/mol. The van der Waals surface area contributed by atoms with E-state index in [4.69, 9.17) is 0 Å². The van der Waals surface area contributed by atoms with Crippen molar-refractivity contribution in [2.24, 2.45) is 4.99 Å². The van der Waals surface area contributed by atoms with Crippen molar-refractivity contribution in [1.29, 1.82) is 0 Å². The summed E-state index contributed by atoms with van der Waals surface area (Å²) in [6.45, 7) is 11.3. The first kappa shape index (κ1) is 12.6. The quantitative estimate of drug-likeness (QED) is 0.542. The summed E-state index contributed by atoms with van der Waals surface area (Å²) in [6, 6.07) is 0. The average Bonchev–Trinajstić information content (AvgIpc) is 2.11.